The average molecular weight is 207 g/mol. The number of para-hydroxylation sites is 1. The van der Waals surface area contributed by atoms with Crippen LogP contribution in [0.3, 0.4) is 0 Å². The molecule has 0 bridgehead atoms. The zero-order valence-electron chi connectivity index (χ0n) is 9.08. The van der Waals surface area contributed by atoms with E-state index in [1.54, 1.807) is 6.07 Å². The summed E-state index contributed by atoms with van der Waals surface area (Å²) in [6.07, 6.45) is 0. The fraction of sp³-hybridized carbons (Fsp3) is 0.364. The summed E-state index contributed by atoms with van der Waals surface area (Å²) in [5, 5.41) is 2.79. The lowest BCUT2D eigenvalue weighted by molar-refractivity contribution is -0.118. The normalized spacial score (nSPS) is 10.4. The van der Waals surface area contributed by atoms with Gasteiger partial charge in [-0.25, -0.2) is 0 Å². The third-order valence-electron chi connectivity index (χ3n) is 2.18. The van der Waals surface area contributed by atoms with Crippen LogP contribution in [0.25, 0.3) is 0 Å². The number of hydrogen-bond acceptors (Lipinski definition) is 3. The average Bonchev–Trinajstić information content (AvgIpc) is 2.20. The van der Waals surface area contributed by atoms with E-state index in [1.165, 1.54) is 0 Å². The number of nitrogens with two attached hydrogens (primary N) is 2. The van der Waals surface area contributed by atoms with Gasteiger partial charge in [-0.05, 0) is 11.6 Å². The third-order valence-corrected chi connectivity index (χ3v) is 2.18. The van der Waals surface area contributed by atoms with Crippen molar-refractivity contribution in [2.45, 2.75) is 20.4 Å². The zero-order chi connectivity index (χ0) is 11.4. The Labute approximate surface area is 89.6 Å². The standard InChI is InChI=1S/C11H17N3O/c1-7(2)11(15)14-10-8(6-12)4-3-5-9(10)13/h3-5,7H,6,12-13H2,1-2H3,(H,14,15). The maximum Gasteiger partial charge on any atom is 0.226 e. The number of rotatable bonds is 3. The molecule has 4 nitrogen and oxygen atoms in total. The van der Waals surface area contributed by atoms with Gasteiger partial charge in [0.05, 0.1) is 11.4 Å². The summed E-state index contributed by atoms with van der Waals surface area (Å²) in [6, 6.07) is 5.42. The van der Waals surface area contributed by atoms with E-state index in [2.05, 4.69) is 5.32 Å². The summed E-state index contributed by atoms with van der Waals surface area (Å²) < 4.78 is 0. The summed E-state index contributed by atoms with van der Waals surface area (Å²) in [5.74, 6) is -0.127. The molecule has 1 amide bonds. The van der Waals surface area contributed by atoms with Crippen LogP contribution >= 0.6 is 0 Å². The number of hydrogen-bond donors (Lipinski definition) is 3. The molecule has 0 heterocycles. The zero-order valence-corrected chi connectivity index (χ0v) is 9.08. The Morgan fingerprint density at radius 1 is 1.47 bits per heavy atom. The Hall–Kier alpha value is -1.55. The van der Waals surface area contributed by atoms with Crippen molar-refractivity contribution < 1.29 is 4.79 Å². The quantitative estimate of drug-likeness (QED) is 0.654. The maximum atomic E-state index is 11.5. The van der Waals surface area contributed by atoms with Gasteiger partial charge in [-0.15, -0.1) is 0 Å². The van der Waals surface area contributed by atoms with E-state index in [4.69, 9.17) is 11.5 Å². The summed E-state index contributed by atoms with van der Waals surface area (Å²) in [7, 11) is 0. The molecule has 0 atom stereocenters. The number of benzene rings is 1. The second-order valence-corrected chi connectivity index (χ2v) is 3.73. The molecular formula is C11H17N3O. The van der Waals surface area contributed by atoms with Crippen LogP contribution in [0.4, 0.5) is 11.4 Å². The Balaban J connectivity index is 2.97. The molecule has 0 saturated heterocycles. The van der Waals surface area contributed by atoms with Crippen LogP contribution in [0.1, 0.15) is 19.4 Å². The van der Waals surface area contributed by atoms with Crippen molar-refractivity contribution in [2.75, 3.05) is 11.1 Å². The number of amides is 1. The molecule has 0 spiro atoms. The molecule has 5 N–H and O–H groups in total. The minimum absolute atomic E-state index is 0.0531. The van der Waals surface area contributed by atoms with Gasteiger partial charge in [0.25, 0.3) is 0 Å². The largest absolute Gasteiger partial charge is 0.397 e. The first kappa shape index (κ1) is 11.5. The lowest BCUT2D eigenvalue weighted by Gasteiger charge is -2.13. The maximum absolute atomic E-state index is 11.5. The van der Waals surface area contributed by atoms with Gasteiger partial charge >= 0.3 is 0 Å². The molecule has 0 aliphatic carbocycles. The highest BCUT2D eigenvalue weighted by molar-refractivity contribution is 5.95. The van der Waals surface area contributed by atoms with Gasteiger partial charge in [0, 0.05) is 12.5 Å². The highest BCUT2D eigenvalue weighted by Gasteiger charge is 2.11. The van der Waals surface area contributed by atoms with Gasteiger partial charge in [0.2, 0.25) is 5.91 Å². The Kier molecular flexibility index (Phi) is 3.68. The second kappa shape index (κ2) is 4.79. The number of carbonyl (C=O) groups is 1. The molecule has 1 aromatic rings. The van der Waals surface area contributed by atoms with Crippen LogP contribution < -0.4 is 16.8 Å². The number of nitrogens with one attached hydrogen (secondary N) is 1. The van der Waals surface area contributed by atoms with E-state index in [-0.39, 0.29) is 11.8 Å². The molecule has 1 rings (SSSR count). The monoisotopic (exact) mass is 207 g/mol. The fourth-order valence-corrected chi connectivity index (χ4v) is 1.21. The van der Waals surface area contributed by atoms with Gasteiger partial charge < -0.3 is 16.8 Å². The van der Waals surface area contributed by atoms with Crippen molar-refractivity contribution in [2.24, 2.45) is 11.7 Å². The van der Waals surface area contributed by atoms with Crippen molar-refractivity contribution in [3.63, 3.8) is 0 Å². The van der Waals surface area contributed by atoms with Crippen LogP contribution in [-0.4, -0.2) is 5.91 Å². The van der Waals surface area contributed by atoms with Crippen LogP contribution in [0.2, 0.25) is 0 Å². The van der Waals surface area contributed by atoms with E-state index in [9.17, 15) is 4.79 Å². The van der Waals surface area contributed by atoms with E-state index in [0.29, 0.717) is 17.9 Å². The van der Waals surface area contributed by atoms with E-state index < -0.39 is 0 Å². The highest BCUT2D eigenvalue weighted by atomic mass is 16.1. The predicted octanol–water partition coefficient (Wildman–Crippen LogP) is 1.32. The highest BCUT2D eigenvalue weighted by Crippen LogP contribution is 2.23. The first-order valence-corrected chi connectivity index (χ1v) is 4.94. The molecular weight excluding hydrogens is 190 g/mol. The molecule has 0 aliphatic heterocycles. The molecule has 4 heteroatoms. The van der Waals surface area contributed by atoms with Crippen LogP contribution in [0, 0.1) is 5.92 Å². The summed E-state index contributed by atoms with van der Waals surface area (Å²) in [6.45, 7) is 4.02. The SMILES string of the molecule is CC(C)C(=O)Nc1c(N)cccc1CN. The molecule has 0 fully saturated rings. The first-order valence-electron chi connectivity index (χ1n) is 4.94. The number of carbonyl (C=O) groups excluding carboxylic acids is 1. The smallest absolute Gasteiger partial charge is 0.226 e. The Morgan fingerprint density at radius 2 is 2.13 bits per heavy atom. The molecule has 0 aliphatic rings. The predicted molar refractivity (Wildman–Crippen MR) is 62.2 cm³/mol. The Morgan fingerprint density at radius 3 is 2.67 bits per heavy atom. The van der Waals surface area contributed by atoms with Gasteiger partial charge in [0.1, 0.15) is 0 Å². The fourth-order valence-electron chi connectivity index (χ4n) is 1.21. The van der Waals surface area contributed by atoms with Crippen molar-refractivity contribution in [3.8, 4) is 0 Å². The molecule has 0 saturated carbocycles. The number of anilines is 2. The van der Waals surface area contributed by atoms with Crippen molar-refractivity contribution in [1.82, 2.24) is 0 Å². The summed E-state index contributed by atoms with van der Waals surface area (Å²) in [5.41, 5.74) is 13.4. The molecule has 1 aromatic carbocycles. The molecule has 0 unspecified atom stereocenters. The lowest BCUT2D eigenvalue weighted by Crippen LogP contribution is -2.20. The van der Waals surface area contributed by atoms with E-state index in [1.807, 2.05) is 26.0 Å². The number of nitrogen functional groups attached to an aromatic ring is 1. The lowest BCUT2D eigenvalue weighted by atomic mass is 10.1. The summed E-state index contributed by atoms with van der Waals surface area (Å²) in [4.78, 5) is 11.5. The van der Waals surface area contributed by atoms with E-state index >= 15 is 0 Å². The van der Waals surface area contributed by atoms with Gasteiger partial charge in [-0.2, -0.15) is 0 Å². The van der Waals surface area contributed by atoms with Gasteiger partial charge in [-0.3, -0.25) is 4.79 Å². The van der Waals surface area contributed by atoms with Crippen molar-refractivity contribution in [1.29, 1.82) is 0 Å². The molecule has 82 valence electrons. The molecule has 15 heavy (non-hydrogen) atoms. The molecule has 0 aromatic heterocycles. The second-order valence-electron chi connectivity index (χ2n) is 3.73. The van der Waals surface area contributed by atoms with Gasteiger partial charge in [-0.1, -0.05) is 26.0 Å². The third kappa shape index (κ3) is 2.70. The van der Waals surface area contributed by atoms with Crippen LogP contribution in [0.5, 0.6) is 0 Å². The van der Waals surface area contributed by atoms with Crippen LogP contribution in [-0.2, 0) is 11.3 Å². The first-order chi connectivity index (χ1) is 7.06. The topological polar surface area (TPSA) is 81.1 Å². The molecule has 0 radical (unpaired) electrons. The van der Waals surface area contributed by atoms with Gasteiger partial charge in [0.15, 0.2) is 0 Å². The van der Waals surface area contributed by atoms with Crippen LogP contribution in [0.15, 0.2) is 18.2 Å². The summed E-state index contributed by atoms with van der Waals surface area (Å²) >= 11 is 0. The van der Waals surface area contributed by atoms with Crippen molar-refractivity contribution >= 4 is 17.3 Å². The Bertz CT molecular complexity index is 361. The minimum atomic E-state index is -0.0739. The minimum Gasteiger partial charge on any atom is -0.397 e. The van der Waals surface area contributed by atoms with E-state index in [0.717, 1.165) is 5.56 Å². The van der Waals surface area contributed by atoms with Crippen molar-refractivity contribution in [3.05, 3.63) is 23.8 Å².